The van der Waals surface area contributed by atoms with Crippen molar-refractivity contribution in [3.05, 3.63) is 90.2 Å². The third kappa shape index (κ3) is 3.46. The van der Waals surface area contributed by atoms with Crippen LogP contribution in [0.1, 0.15) is 10.4 Å². The van der Waals surface area contributed by atoms with E-state index in [1.807, 2.05) is 0 Å². The van der Waals surface area contributed by atoms with Crippen molar-refractivity contribution in [2.45, 2.75) is 9.92 Å². The third-order valence-corrected chi connectivity index (χ3v) is 6.08. The summed E-state index contributed by atoms with van der Waals surface area (Å²) in [6.45, 7) is 0. The molecule has 0 saturated heterocycles. The molecule has 0 unspecified atom stereocenters. The maximum absolute atomic E-state index is 13.3. The van der Waals surface area contributed by atoms with Crippen LogP contribution in [0.15, 0.2) is 88.8 Å². The SMILES string of the molecule is O=C(O)c1cccc(-n2nnc(S(=O)(=O)c3ccc(F)cc3)c2-c2ccccc2)c1. The van der Waals surface area contributed by atoms with E-state index in [0.717, 1.165) is 24.3 Å². The highest BCUT2D eigenvalue weighted by atomic mass is 32.2. The van der Waals surface area contributed by atoms with Gasteiger partial charge in [0.05, 0.1) is 16.1 Å². The topological polar surface area (TPSA) is 102 Å². The Morgan fingerprint density at radius 1 is 0.933 bits per heavy atom. The van der Waals surface area contributed by atoms with Crippen molar-refractivity contribution in [3.8, 4) is 16.9 Å². The van der Waals surface area contributed by atoms with Gasteiger partial charge in [-0.2, -0.15) is 0 Å². The number of aromatic nitrogens is 3. The summed E-state index contributed by atoms with van der Waals surface area (Å²) in [4.78, 5) is 11.2. The average molecular weight is 423 g/mol. The van der Waals surface area contributed by atoms with Gasteiger partial charge in [-0.3, -0.25) is 0 Å². The van der Waals surface area contributed by atoms with Gasteiger partial charge in [-0.05, 0) is 42.5 Å². The van der Waals surface area contributed by atoms with Crippen LogP contribution in [0, 0.1) is 5.82 Å². The fourth-order valence-corrected chi connectivity index (χ4v) is 4.29. The van der Waals surface area contributed by atoms with E-state index in [1.54, 1.807) is 36.4 Å². The van der Waals surface area contributed by atoms with Crippen molar-refractivity contribution in [3.63, 3.8) is 0 Å². The van der Waals surface area contributed by atoms with Crippen molar-refractivity contribution in [1.29, 1.82) is 0 Å². The lowest BCUT2D eigenvalue weighted by Gasteiger charge is -2.10. The second-order valence-electron chi connectivity index (χ2n) is 6.33. The summed E-state index contributed by atoms with van der Waals surface area (Å²) in [6, 6.07) is 19.0. The Morgan fingerprint density at radius 3 is 2.30 bits per heavy atom. The number of hydrogen-bond donors (Lipinski definition) is 1. The second-order valence-corrected chi connectivity index (χ2v) is 8.20. The quantitative estimate of drug-likeness (QED) is 0.492. The number of carboxylic acids is 1. The molecule has 0 fully saturated rings. The highest BCUT2D eigenvalue weighted by molar-refractivity contribution is 7.91. The molecular formula is C21H14FN3O4S. The Balaban J connectivity index is 1.97. The molecule has 0 atom stereocenters. The van der Waals surface area contributed by atoms with Gasteiger partial charge < -0.3 is 5.11 Å². The Labute approximate surface area is 171 Å². The van der Waals surface area contributed by atoms with Crippen LogP contribution >= 0.6 is 0 Å². The van der Waals surface area contributed by atoms with E-state index in [9.17, 15) is 22.7 Å². The normalized spacial score (nSPS) is 11.4. The molecular weight excluding hydrogens is 409 g/mol. The number of hydrogen-bond acceptors (Lipinski definition) is 5. The minimum Gasteiger partial charge on any atom is -0.478 e. The van der Waals surface area contributed by atoms with Crippen molar-refractivity contribution >= 4 is 15.8 Å². The van der Waals surface area contributed by atoms with Crippen LogP contribution in [0.4, 0.5) is 4.39 Å². The lowest BCUT2D eigenvalue weighted by atomic mass is 10.1. The number of rotatable bonds is 5. The molecule has 1 heterocycles. The number of sulfone groups is 1. The number of nitrogens with zero attached hydrogens (tertiary/aromatic N) is 3. The largest absolute Gasteiger partial charge is 0.478 e. The first kappa shape index (κ1) is 19.5. The maximum atomic E-state index is 13.3. The summed E-state index contributed by atoms with van der Waals surface area (Å²) in [5.74, 6) is -1.69. The van der Waals surface area contributed by atoms with Crippen LogP contribution in [0.2, 0.25) is 0 Å². The molecule has 4 aromatic rings. The predicted molar refractivity (Wildman–Crippen MR) is 106 cm³/mol. The summed E-state index contributed by atoms with van der Waals surface area (Å²) in [6.07, 6.45) is 0. The van der Waals surface area contributed by atoms with Gasteiger partial charge in [0.2, 0.25) is 14.9 Å². The third-order valence-electron chi connectivity index (χ3n) is 4.40. The van der Waals surface area contributed by atoms with Crippen LogP contribution in [-0.2, 0) is 9.84 Å². The molecule has 1 N–H and O–H groups in total. The first-order chi connectivity index (χ1) is 14.4. The molecule has 9 heteroatoms. The van der Waals surface area contributed by atoms with E-state index in [2.05, 4.69) is 10.3 Å². The van der Waals surface area contributed by atoms with Gasteiger partial charge in [0.25, 0.3) is 0 Å². The molecule has 0 aliphatic rings. The fourth-order valence-electron chi connectivity index (χ4n) is 2.97. The Kier molecular flexibility index (Phi) is 4.88. The fraction of sp³-hybridized carbons (Fsp3) is 0. The maximum Gasteiger partial charge on any atom is 0.335 e. The smallest absolute Gasteiger partial charge is 0.335 e. The van der Waals surface area contributed by atoms with Gasteiger partial charge in [0, 0.05) is 5.56 Å². The van der Waals surface area contributed by atoms with Gasteiger partial charge in [-0.15, -0.1) is 5.10 Å². The lowest BCUT2D eigenvalue weighted by Crippen LogP contribution is -2.06. The van der Waals surface area contributed by atoms with E-state index in [0.29, 0.717) is 11.3 Å². The minimum absolute atomic E-state index is 0.0185. The first-order valence-electron chi connectivity index (χ1n) is 8.73. The van der Waals surface area contributed by atoms with E-state index < -0.39 is 21.6 Å². The van der Waals surface area contributed by atoms with E-state index >= 15 is 0 Å². The summed E-state index contributed by atoms with van der Waals surface area (Å²) in [7, 11) is -4.13. The summed E-state index contributed by atoms with van der Waals surface area (Å²) >= 11 is 0. The van der Waals surface area contributed by atoms with Gasteiger partial charge >= 0.3 is 5.97 Å². The predicted octanol–water partition coefficient (Wildman–Crippen LogP) is 3.60. The number of aromatic carboxylic acids is 1. The van der Waals surface area contributed by atoms with E-state index in [-0.39, 0.29) is 21.2 Å². The Morgan fingerprint density at radius 2 is 1.63 bits per heavy atom. The van der Waals surface area contributed by atoms with Crippen LogP contribution in [-0.4, -0.2) is 34.5 Å². The Bertz CT molecular complexity index is 1330. The molecule has 4 rings (SSSR count). The van der Waals surface area contributed by atoms with E-state index in [1.165, 1.54) is 22.9 Å². The standard InChI is InChI=1S/C21H14FN3O4S/c22-16-9-11-18(12-10-16)30(28,29)20-19(14-5-2-1-3-6-14)25(24-23-20)17-8-4-7-15(13-17)21(26)27/h1-13H,(H,26,27). The van der Waals surface area contributed by atoms with Crippen LogP contribution < -0.4 is 0 Å². The molecule has 1 aromatic heterocycles. The zero-order chi connectivity index (χ0) is 21.3. The highest BCUT2D eigenvalue weighted by Crippen LogP contribution is 2.31. The first-order valence-corrected chi connectivity index (χ1v) is 10.2. The van der Waals surface area contributed by atoms with Gasteiger partial charge in [-0.1, -0.05) is 41.6 Å². The lowest BCUT2D eigenvalue weighted by molar-refractivity contribution is 0.0697. The molecule has 3 aromatic carbocycles. The van der Waals surface area contributed by atoms with Gasteiger partial charge in [0.1, 0.15) is 11.5 Å². The van der Waals surface area contributed by atoms with Crippen LogP contribution in [0.3, 0.4) is 0 Å². The van der Waals surface area contributed by atoms with Crippen LogP contribution in [0.25, 0.3) is 16.9 Å². The molecule has 0 saturated carbocycles. The summed E-state index contributed by atoms with van der Waals surface area (Å²) in [5.41, 5.74) is 1.04. The molecule has 30 heavy (non-hydrogen) atoms. The number of carbonyl (C=O) groups is 1. The Hall–Kier alpha value is -3.85. The molecule has 7 nitrogen and oxygen atoms in total. The number of carboxylic acid groups (broad SMARTS) is 1. The van der Waals surface area contributed by atoms with Gasteiger partial charge in [0.15, 0.2) is 0 Å². The monoisotopic (exact) mass is 423 g/mol. The van der Waals surface area contributed by atoms with Crippen molar-refractivity contribution < 1.29 is 22.7 Å². The molecule has 0 spiro atoms. The molecule has 0 amide bonds. The zero-order valence-electron chi connectivity index (χ0n) is 15.3. The minimum atomic E-state index is -4.13. The number of benzene rings is 3. The van der Waals surface area contributed by atoms with Crippen molar-refractivity contribution in [1.82, 2.24) is 15.0 Å². The van der Waals surface area contributed by atoms with Crippen molar-refractivity contribution in [2.24, 2.45) is 0 Å². The van der Waals surface area contributed by atoms with Gasteiger partial charge in [-0.25, -0.2) is 22.3 Å². The summed E-state index contributed by atoms with van der Waals surface area (Å²) in [5, 5.41) is 16.8. The molecule has 150 valence electrons. The van der Waals surface area contributed by atoms with Crippen molar-refractivity contribution in [2.75, 3.05) is 0 Å². The average Bonchev–Trinajstić information content (AvgIpc) is 3.21. The zero-order valence-corrected chi connectivity index (χ0v) is 16.1. The molecule has 0 aliphatic carbocycles. The van der Waals surface area contributed by atoms with E-state index in [4.69, 9.17) is 0 Å². The molecule has 0 bridgehead atoms. The van der Waals surface area contributed by atoms with Crippen LogP contribution in [0.5, 0.6) is 0 Å². The highest BCUT2D eigenvalue weighted by Gasteiger charge is 2.29. The summed E-state index contributed by atoms with van der Waals surface area (Å²) < 4.78 is 41.0. The second kappa shape index (κ2) is 7.53. The number of halogens is 1. The molecule has 0 aliphatic heterocycles. The molecule has 0 radical (unpaired) electrons.